The zero-order valence-electron chi connectivity index (χ0n) is 44.6. The van der Waals surface area contributed by atoms with E-state index in [2.05, 4.69) is 38.4 Å². The van der Waals surface area contributed by atoms with E-state index in [0.29, 0.717) is 112 Å². The second-order valence-corrected chi connectivity index (χ2v) is 17.7. The number of anilines is 1. The number of hydrogen-bond acceptors (Lipinski definition) is 15. The molecule has 0 aromatic heterocycles. The average Bonchev–Trinajstić information content (AvgIpc) is 4.02. The van der Waals surface area contributed by atoms with Crippen LogP contribution in [0.1, 0.15) is 46.6 Å². The van der Waals surface area contributed by atoms with E-state index < -0.39 is 23.8 Å². The summed E-state index contributed by atoms with van der Waals surface area (Å²) in [5.74, 6) is 4.33. The molecule has 21 heteroatoms. The summed E-state index contributed by atoms with van der Waals surface area (Å²) in [6, 6.07) is 31.3. The van der Waals surface area contributed by atoms with Gasteiger partial charge in [0.25, 0.3) is 0 Å². The number of rotatable bonds is 38. The van der Waals surface area contributed by atoms with Crippen LogP contribution in [0.25, 0.3) is 11.1 Å². The van der Waals surface area contributed by atoms with Crippen molar-refractivity contribution in [2.24, 2.45) is 0 Å². The Labute approximate surface area is 460 Å². The van der Waals surface area contributed by atoms with Crippen molar-refractivity contribution in [3.05, 3.63) is 125 Å². The number of alkyl carbamates (subject to hydrolysis) is 1. The van der Waals surface area contributed by atoms with Gasteiger partial charge in [0.05, 0.1) is 131 Å². The summed E-state index contributed by atoms with van der Waals surface area (Å²) in [7, 11) is 0. The Kier molecular flexibility index (Phi) is 27.8. The molecule has 1 heterocycles. The smallest absolute Gasteiger partial charge is 0.407 e. The van der Waals surface area contributed by atoms with Crippen molar-refractivity contribution in [2.45, 2.75) is 25.3 Å². The first-order valence-electron chi connectivity index (χ1n) is 26.5. The van der Waals surface area contributed by atoms with E-state index in [4.69, 9.17) is 42.6 Å². The topological polar surface area (TPSA) is 249 Å². The summed E-state index contributed by atoms with van der Waals surface area (Å²) in [4.78, 5) is 76.2. The number of amides is 6. The summed E-state index contributed by atoms with van der Waals surface area (Å²) in [5, 5.41) is 12.6. The molecule has 1 aliphatic heterocycles. The van der Waals surface area contributed by atoms with Crippen molar-refractivity contribution in [2.75, 3.05) is 150 Å². The molecule has 4 aromatic carbocycles. The Hall–Kier alpha value is -7.26. The van der Waals surface area contributed by atoms with Gasteiger partial charge in [0.15, 0.2) is 0 Å². The van der Waals surface area contributed by atoms with Crippen molar-refractivity contribution >= 4 is 41.3 Å². The maximum absolute atomic E-state index is 13.3. The number of ether oxygens (including phenoxy) is 9. The number of hydrogen-bond donors (Lipinski definition) is 5. The molecule has 4 aromatic rings. The molecule has 424 valence electrons. The highest BCUT2D eigenvalue weighted by Crippen LogP contribution is 2.44. The van der Waals surface area contributed by atoms with E-state index in [9.17, 15) is 28.8 Å². The van der Waals surface area contributed by atoms with Gasteiger partial charge in [-0.05, 0) is 46.0 Å². The van der Waals surface area contributed by atoms with Gasteiger partial charge in [0.1, 0.15) is 13.2 Å². The van der Waals surface area contributed by atoms with Gasteiger partial charge in [0, 0.05) is 43.0 Å². The van der Waals surface area contributed by atoms with Crippen LogP contribution >= 0.6 is 0 Å². The van der Waals surface area contributed by atoms with E-state index >= 15 is 0 Å². The van der Waals surface area contributed by atoms with Crippen LogP contribution in [0.3, 0.4) is 0 Å². The van der Waals surface area contributed by atoms with E-state index in [0.717, 1.165) is 44.6 Å². The molecular weight excluding hydrogens is 1020 g/mol. The third kappa shape index (κ3) is 22.6. The number of fused-ring (bicyclic) bond motifs is 5. The van der Waals surface area contributed by atoms with Gasteiger partial charge in [-0.25, -0.2) is 4.79 Å². The molecule has 79 heavy (non-hydrogen) atoms. The van der Waals surface area contributed by atoms with E-state index in [1.165, 1.54) is 0 Å². The molecule has 21 nitrogen and oxygen atoms in total. The highest BCUT2D eigenvalue weighted by Gasteiger charge is 2.29. The zero-order valence-corrected chi connectivity index (χ0v) is 44.6. The first-order valence-corrected chi connectivity index (χ1v) is 26.5. The highest BCUT2D eigenvalue weighted by atomic mass is 16.6. The van der Waals surface area contributed by atoms with Crippen LogP contribution in [0.15, 0.2) is 97.1 Å². The zero-order chi connectivity index (χ0) is 55.5. The number of nitrogens with zero attached hydrogens (tertiary/aromatic N) is 1. The van der Waals surface area contributed by atoms with Crippen molar-refractivity contribution in [1.29, 1.82) is 0 Å². The lowest BCUT2D eigenvalue weighted by molar-refractivity contribution is -0.127. The maximum Gasteiger partial charge on any atom is 0.407 e. The third-order valence-electron chi connectivity index (χ3n) is 12.1. The molecule has 0 spiro atoms. The maximum atomic E-state index is 13.3. The molecule has 1 aliphatic carbocycles. The number of para-hydroxylation sites is 1. The lowest BCUT2D eigenvalue weighted by Gasteiger charge is -2.26. The predicted octanol–water partition coefficient (Wildman–Crippen LogP) is 2.85. The van der Waals surface area contributed by atoms with Crippen molar-refractivity contribution in [3.63, 3.8) is 0 Å². The first-order chi connectivity index (χ1) is 38.8. The predicted molar refractivity (Wildman–Crippen MR) is 291 cm³/mol. The van der Waals surface area contributed by atoms with E-state index in [1.807, 2.05) is 97.1 Å². The van der Waals surface area contributed by atoms with Crippen molar-refractivity contribution in [3.8, 4) is 23.0 Å². The van der Waals surface area contributed by atoms with Crippen LogP contribution < -0.4 is 31.5 Å². The van der Waals surface area contributed by atoms with Gasteiger partial charge in [-0.15, -0.1) is 0 Å². The van der Waals surface area contributed by atoms with Gasteiger partial charge < -0.3 is 74.1 Å². The van der Waals surface area contributed by atoms with Crippen molar-refractivity contribution < 1.29 is 71.4 Å². The van der Waals surface area contributed by atoms with Gasteiger partial charge >= 0.3 is 6.09 Å². The molecule has 0 atom stereocenters. The fraction of sp³-hybridized carbons (Fsp3) is 0.448. The molecule has 0 bridgehead atoms. The van der Waals surface area contributed by atoms with Crippen LogP contribution in [0.5, 0.6) is 0 Å². The summed E-state index contributed by atoms with van der Waals surface area (Å²) >= 11 is 0. The Morgan fingerprint density at radius 2 is 0.835 bits per heavy atom. The van der Waals surface area contributed by atoms with Crippen LogP contribution in [0, 0.1) is 11.8 Å². The SMILES string of the molecule is O=C(CCC(=O)N1Cc2ccccc2C#Cc2ccccc21)NCCOCCOCCOCCOCCOCCOCCOCCOCCNC(=O)CNC(=O)CNC(=O)CNC(=O)OCC1c2ccccc2-c2ccccc21. The van der Waals surface area contributed by atoms with Gasteiger partial charge in [0.2, 0.25) is 29.5 Å². The Balaban J connectivity index is 0.616. The molecule has 2 aliphatic rings. The lowest BCUT2D eigenvalue weighted by atomic mass is 9.98. The Morgan fingerprint density at radius 3 is 1.37 bits per heavy atom. The molecular formula is C58H72N6O15. The molecule has 0 radical (unpaired) electrons. The first kappa shape index (κ1) is 61.0. The summed E-state index contributed by atoms with van der Waals surface area (Å²) in [5.41, 5.74) is 7.71. The second-order valence-electron chi connectivity index (χ2n) is 17.7. The van der Waals surface area contributed by atoms with Crippen LogP contribution in [0.4, 0.5) is 10.5 Å². The fourth-order valence-corrected chi connectivity index (χ4v) is 8.17. The monoisotopic (exact) mass is 1090 g/mol. The number of carbonyl (C=O) groups is 6. The van der Waals surface area contributed by atoms with Gasteiger partial charge in [-0.2, -0.15) is 0 Å². The molecule has 5 N–H and O–H groups in total. The van der Waals surface area contributed by atoms with Crippen LogP contribution in [0.2, 0.25) is 0 Å². The molecule has 0 unspecified atom stereocenters. The molecule has 0 saturated heterocycles. The lowest BCUT2D eigenvalue weighted by Crippen LogP contribution is -2.44. The fourth-order valence-electron chi connectivity index (χ4n) is 8.17. The Bertz CT molecular complexity index is 2580. The van der Waals surface area contributed by atoms with E-state index in [1.54, 1.807) is 4.90 Å². The minimum Gasteiger partial charge on any atom is -0.449 e. The van der Waals surface area contributed by atoms with Crippen LogP contribution in [-0.4, -0.2) is 181 Å². The minimum atomic E-state index is -0.752. The van der Waals surface area contributed by atoms with Gasteiger partial charge in [-0.3, -0.25) is 24.0 Å². The van der Waals surface area contributed by atoms with E-state index in [-0.39, 0.29) is 70.0 Å². The number of benzene rings is 4. The third-order valence-corrected chi connectivity index (χ3v) is 12.1. The summed E-state index contributed by atoms with van der Waals surface area (Å²) in [6.45, 7) is 6.15. The normalized spacial score (nSPS) is 12.1. The second kappa shape index (κ2) is 36.0. The molecule has 6 rings (SSSR count). The summed E-state index contributed by atoms with van der Waals surface area (Å²) < 4.78 is 49.5. The van der Waals surface area contributed by atoms with Gasteiger partial charge in [-0.1, -0.05) is 90.7 Å². The summed E-state index contributed by atoms with van der Waals surface area (Å²) in [6.07, 6.45) is -0.612. The molecule has 0 saturated carbocycles. The molecule has 0 fully saturated rings. The number of carbonyl (C=O) groups excluding carboxylic acids is 6. The number of nitrogens with one attached hydrogen (secondary N) is 5. The van der Waals surface area contributed by atoms with Crippen molar-refractivity contribution in [1.82, 2.24) is 26.6 Å². The Morgan fingerprint density at radius 1 is 0.430 bits per heavy atom. The van der Waals surface area contributed by atoms with Crippen LogP contribution in [-0.2, 0) is 73.1 Å². The quantitative estimate of drug-likeness (QED) is 0.0320. The minimum absolute atomic E-state index is 0.0689. The average molecular weight is 1090 g/mol. The largest absolute Gasteiger partial charge is 0.449 e. The standard InChI is InChI=1S/C58H72N6O15/c65-53(19-20-57(69)64-42-46-11-2-1-9-44(46)17-18-45-10-3-8-16-52(45)64)59-21-23-71-25-27-73-29-31-75-33-35-77-37-38-78-36-34-76-32-30-74-28-26-72-24-22-60-54(66)39-61-55(67)40-62-56(68)41-63-58(70)79-43-51-49-14-6-4-12-47(49)48-13-5-7-15-50(48)51/h1-16,51H,19-43H2,(H,59,65)(H,60,66)(H,61,67)(H,62,68)(H,63,70). The highest BCUT2D eigenvalue weighted by molar-refractivity contribution is 5.97. The molecule has 6 amide bonds.